The molecule has 0 aliphatic heterocycles. The zero-order valence-corrected chi connectivity index (χ0v) is 17.5. The molecule has 0 aromatic heterocycles. The van der Waals surface area contributed by atoms with Gasteiger partial charge in [0.25, 0.3) is 0 Å². The molecule has 3 nitrogen and oxygen atoms in total. The molecule has 136 valence electrons. The minimum Gasteiger partial charge on any atom is -0.383 e. The number of benzene rings is 2. The summed E-state index contributed by atoms with van der Waals surface area (Å²) in [5, 5.41) is 2.78. The second kappa shape index (κ2) is 12.5. The van der Waals surface area contributed by atoms with E-state index in [2.05, 4.69) is 65.6 Å². The third-order valence-electron chi connectivity index (χ3n) is 4.73. The van der Waals surface area contributed by atoms with Gasteiger partial charge < -0.3 is 16.0 Å². The molecule has 2 aromatic rings. The van der Waals surface area contributed by atoms with Crippen molar-refractivity contribution in [2.75, 3.05) is 47.1 Å². The maximum atomic E-state index is 5.27. The molecule has 0 aliphatic carbocycles. The molecule has 2 rings (SSSR count). The number of hydrogen-bond donors (Lipinski definition) is 0. The zero-order chi connectivity index (χ0) is 18.0. The van der Waals surface area contributed by atoms with E-state index >= 15 is 0 Å². The van der Waals surface area contributed by atoms with Crippen molar-refractivity contribution in [1.82, 2.24) is 4.90 Å². The molecule has 0 fully saturated rings. The topological polar surface area (TPSA) is 21.7 Å². The quantitative estimate of drug-likeness (QED) is 0.386. The van der Waals surface area contributed by atoms with Crippen molar-refractivity contribution in [3.8, 4) is 0 Å². The molecule has 0 radical (unpaired) electrons. The third kappa shape index (κ3) is 6.70. The number of ether oxygens (including phenoxy) is 2. The van der Waals surface area contributed by atoms with Gasteiger partial charge in [0.05, 0.1) is 13.2 Å². The molecule has 5 heteroatoms. The van der Waals surface area contributed by atoms with Crippen LogP contribution in [0.4, 0.5) is 0 Å². The molecule has 0 saturated carbocycles. The molecular weight excluding hydrogens is 333 g/mol. The maximum Gasteiger partial charge on any atom is 1.00 e. The standard InChI is InChI=1S/C21H30NO2Si.Li/c1-23-17-14-22(15-18-24-2)16-19-25(3,20-10-6-4-7-11-20)21-12-8-5-9-13-21;/h4-13H,3,14-19H2,1-2H3;/q-1;+1. The van der Waals surface area contributed by atoms with Crippen LogP contribution in [-0.4, -0.2) is 60.0 Å². The van der Waals surface area contributed by atoms with Crippen LogP contribution in [0.5, 0.6) is 0 Å². The van der Waals surface area contributed by atoms with Crippen LogP contribution in [0.3, 0.4) is 0 Å². The van der Waals surface area contributed by atoms with Crippen molar-refractivity contribution < 1.29 is 28.3 Å². The Hall–Kier alpha value is -0.866. The van der Waals surface area contributed by atoms with E-state index in [-0.39, 0.29) is 18.9 Å². The molecule has 26 heavy (non-hydrogen) atoms. The van der Waals surface area contributed by atoms with Gasteiger partial charge >= 0.3 is 18.9 Å². The number of nitrogens with zero attached hydrogens (tertiary/aromatic N) is 1. The molecule has 0 atom stereocenters. The van der Waals surface area contributed by atoms with Gasteiger partial charge in [0.1, 0.15) is 0 Å². The van der Waals surface area contributed by atoms with Crippen molar-refractivity contribution in [3.05, 3.63) is 67.2 Å². The molecule has 0 heterocycles. The molecule has 0 aliphatic rings. The molecule has 0 saturated heterocycles. The first-order valence-electron chi connectivity index (χ1n) is 8.87. The van der Waals surface area contributed by atoms with E-state index < -0.39 is 8.07 Å². The summed E-state index contributed by atoms with van der Waals surface area (Å²) >= 11 is 0. The predicted molar refractivity (Wildman–Crippen MR) is 108 cm³/mol. The van der Waals surface area contributed by atoms with E-state index in [4.69, 9.17) is 16.0 Å². The minimum atomic E-state index is -2.02. The first-order valence-corrected chi connectivity index (χ1v) is 11.3. The first-order chi connectivity index (χ1) is 12.2. The summed E-state index contributed by atoms with van der Waals surface area (Å²) < 4.78 is 10.5. The molecule has 2 aromatic carbocycles. The van der Waals surface area contributed by atoms with Gasteiger partial charge in [-0.15, -0.1) is 0 Å². The van der Waals surface area contributed by atoms with Gasteiger partial charge in [0, 0.05) is 27.3 Å². The molecule has 0 amide bonds. The Morgan fingerprint density at radius 3 is 1.58 bits per heavy atom. The van der Waals surface area contributed by atoms with Crippen molar-refractivity contribution in [2.45, 2.75) is 6.04 Å². The summed E-state index contributed by atoms with van der Waals surface area (Å²) in [5.41, 5.74) is 0. The maximum absolute atomic E-state index is 5.27. The Morgan fingerprint density at radius 1 is 0.769 bits per heavy atom. The van der Waals surface area contributed by atoms with E-state index in [1.165, 1.54) is 10.4 Å². The second-order valence-corrected chi connectivity index (χ2v) is 10.2. The normalized spacial score (nSPS) is 11.4. The number of rotatable bonds is 11. The molecule has 0 spiro atoms. The minimum absolute atomic E-state index is 0. The third-order valence-corrected chi connectivity index (χ3v) is 8.69. The van der Waals surface area contributed by atoms with E-state index in [1.54, 1.807) is 14.2 Å². The summed E-state index contributed by atoms with van der Waals surface area (Å²) in [4.78, 5) is 2.42. The van der Waals surface area contributed by atoms with Crippen LogP contribution in [0.25, 0.3) is 0 Å². The van der Waals surface area contributed by atoms with E-state index in [0.29, 0.717) is 0 Å². The molecule has 0 unspecified atom stereocenters. The van der Waals surface area contributed by atoms with Crippen LogP contribution in [0.1, 0.15) is 0 Å². The Labute approximate surface area is 171 Å². The predicted octanol–water partition coefficient (Wildman–Crippen LogP) is -0.778. The second-order valence-electron chi connectivity index (χ2n) is 6.39. The van der Waals surface area contributed by atoms with Crippen LogP contribution in [-0.2, 0) is 9.47 Å². The molecular formula is C21H30LiNO2Si. The monoisotopic (exact) mass is 363 g/mol. The van der Waals surface area contributed by atoms with Crippen LogP contribution in [0, 0.1) is 6.55 Å². The van der Waals surface area contributed by atoms with E-state index in [0.717, 1.165) is 38.9 Å². The largest absolute Gasteiger partial charge is 1.00 e. The smallest absolute Gasteiger partial charge is 0.383 e. The summed E-state index contributed by atoms with van der Waals surface area (Å²) in [5.74, 6) is 0. The fourth-order valence-corrected chi connectivity index (χ4v) is 6.36. The fourth-order valence-electron chi connectivity index (χ4n) is 3.09. The summed E-state index contributed by atoms with van der Waals surface area (Å²) in [7, 11) is 1.49. The summed E-state index contributed by atoms with van der Waals surface area (Å²) in [6, 6.07) is 22.7. The van der Waals surface area contributed by atoms with Crippen LogP contribution < -0.4 is 29.2 Å². The van der Waals surface area contributed by atoms with E-state index in [9.17, 15) is 0 Å². The van der Waals surface area contributed by atoms with Crippen molar-refractivity contribution in [1.29, 1.82) is 0 Å². The Balaban J connectivity index is 0.00000338. The Morgan fingerprint density at radius 2 is 1.19 bits per heavy atom. The average molecular weight is 364 g/mol. The van der Waals surface area contributed by atoms with Gasteiger partial charge in [-0.3, -0.25) is 4.90 Å². The van der Waals surface area contributed by atoms with E-state index in [1.807, 2.05) is 0 Å². The number of hydrogen-bond acceptors (Lipinski definition) is 3. The van der Waals surface area contributed by atoms with Gasteiger partial charge in [0.15, 0.2) is 0 Å². The number of methoxy groups -OCH3 is 2. The Kier molecular flexibility index (Phi) is 11.1. The van der Waals surface area contributed by atoms with Crippen LogP contribution >= 0.6 is 0 Å². The SMILES string of the molecule is [CH2-][Si](CCN(CCOC)CCOC)(c1ccccc1)c1ccccc1.[Li+]. The van der Waals surface area contributed by atoms with Crippen LogP contribution in [0.2, 0.25) is 6.04 Å². The zero-order valence-electron chi connectivity index (χ0n) is 16.5. The summed E-state index contributed by atoms with van der Waals surface area (Å²) in [6.07, 6.45) is 0. The van der Waals surface area contributed by atoms with Crippen molar-refractivity contribution in [3.63, 3.8) is 0 Å². The first kappa shape index (κ1) is 23.2. The molecule has 0 bridgehead atoms. The van der Waals surface area contributed by atoms with Crippen molar-refractivity contribution in [2.24, 2.45) is 0 Å². The van der Waals surface area contributed by atoms with Gasteiger partial charge in [0.2, 0.25) is 0 Å². The van der Waals surface area contributed by atoms with Gasteiger partial charge in [-0.1, -0.05) is 77.1 Å². The Bertz CT molecular complexity index is 550. The average Bonchev–Trinajstić information content (AvgIpc) is 2.68. The fraction of sp³-hybridized carbons (Fsp3) is 0.381. The van der Waals surface area contributed by atoms with Crippen molar-refractivity contribution >= 4 is 18.4 Å². The van der Waals surface area contributed by atoms with Gasteiger partial charge in [-0.2, -0.15) is 0 Å². The van der Waals surface area contributed by atoms with Gasteiger partial charge in [-0.25, -0.2) is 0 Å². The van der Waals surface area contributed by atoms with Gasteiger partial charge in [-0.05, 0) is 14.6 Å². The summed E-state index contributed by atoms with van der Waals surface area (Å²) in [6.45, 7) is 9.13. The van der Waals surface area contributed by atoms with Crippen LogP contribution in [0.15, 0.2) is 60.7 Å². The molecule has 0 N–H and O–H groups in total.